The van der Waals surface area contributed by atoms with Gasteiger partial charge in [0.1, 0.15) is 9.84 Å². The Hall–Kier alpha value is -1.45. The van der Waals surface area contributed by atoms with Crippen LogP contribution in [0.25, 0.3) is 0 Å². The molecule has 136 valence electrons. The molecular weight excluding hydrogens is 352 g/mol. The number of sulfonamides is 1. The first-order chi connectivity index (χ1) is 10.8. The summed E-state index contributed by atoms with van der Waals surface area (Å²) in [5, 5.41) is 2.48. The summed E-state index contributed by atoms with van der Waals surface area (Å²) in [6.45, 7) is 6.05. The van der Waals surface area contributed by atoms with Crippen LogP contribution in [0.5, 0.6) is 0 Å². The maximum Gasteiger partial charge on any atom is 0.251 e. The van der Waals surface area contributed by atoms with E-state index >= 15 is 0 Å². The van der Waals surface area contributed by atoms with Gasteiger partial charge < -0.3 is 5.32 Å². The Balaban J connectivity index is 2.73. The van der Waals surface area contributed by atoms with Gasteiger partial charge in [0.2, 0.25) is 10.0 Å². The Morgan fingerprint density at radius 1 is 1.04 bits per heavy atom. The number of carbonyl (C=O) groups is 1. The van der Waals surface area contributed by atoms with E-state index in [2.05, 4.69) is 10.0 Å². The Bertz CT molecular complexity index is 776. The molecular formula is C15H24N2O5S2. The lowest BCUT2D eigenvalue weighted by molar-refractivity contribution is 0.0956. The number of rotatable bonds is 7. The van der Waals surface area contributed by atoms with Crippen molar-refractivity contribution in [3.63, 3.8) is 0 Å². The van der Waals surface area contributed by atoms with Crippen molar-refractivity contribution < 1.29 is 21.6 Å². The van der Waals surface area contributed by atoms with E-state index in [0.717, 1.165) is 6.26 Å². The largest absolute Gasteiger partial charge is 0.351 e. The van der Waals surface area contributed by atoms with E-state index in [1.165, 1.54) is 24.3 Å². The third kappa shape index (κ3) is 7.41. The Morgan fingerprint density at radius 3 is 2.04 bits per heavy atom. The first-order valence-corrected chi connectivity index (χ1v) is 10.9. The maximum absolute atomic E-state index is 12.2. The number of hydrogen-bond donors (Lipinski definition) is 2. The first-order valence-electron chi connectivity index (χ1n) is 7.36. The van der Waals surface area contributed by atoms with E-state index in [9.17, 15) is 21.6 Å². The van der Waals surface area contributed by atoms with Crippen molar-refractivity contribution in [1.82, 2.24) is 10.0 Å². The van der Waals surface area contributed by atoms with Crippen molar-refractivity contribution in [2.24, 2.45) is 5.41 Å². The minimum atomic E-state index is -3.63. The van der Waals surface area contributed by atoms with Crippen LogP contribution in [-0.4, -0.2) is 47.8 Å². The molecule has 0 bridgehead atoms. The fourth-order valence-corrected chi connectivity index (χ4v) is 3.39. The van der Waals surface area contributed by atoms with Gasteiger partial charge in [0.25, 0.3) is 5.91 Å². The van der Waals surface area contributed by atoms with Crippen LogP contribution in [0.4, 0.5) is 0 Å². The van der Waals surface area contributed by atoms with Crippen LogP contribution in [0.3, 0.4) is 0 Å². The molecule has 7 nitrogen and oxygen atoms in total. The van der Waals surface area contributed by atoms with Crippen molar-refractivity contribution in [2.45, 2.75) is 25.7 Å². The van der Waals surface area contributed by atoms with Crippen LogP contribution in [0.1, 0.15) is 31.1 Å². The zero-order valence-electron chi connectivity index (χ0n) is 14.3. The Morgan fingerprint density at radius 2 is 1.58 bits per heavy atom. The quantitative estimate of drug-likeness (QED) is 0.731. The third-order valence-corrected chi connectivity index (χ3v) is 5.34. The van der Waals surface area contributed by atoms with Gasteiger partial charge in [-0.15, -0.1) is 0 Å². The monoisotopic (exact) mass is 376 g/mol. The van der Waals surface area contributed by atoms with Gasteiger partial charge in [-0.05, 0) is 29.7 Å². The molecule has 0 spiro atoms. The summed E-state index contributed by atoms with van der Waals surface area (Å²) in [7, 11) is -6.78. The van der Waals surface area contributed by atoms with E-state index in [4.69, 9.17) is 0 Å². The predicted octanol–water partition coefficient (Wildman–Crippen LogP) is 0.785. The van der Waals surface area contributed by atoms with Crippen LogP contribution in [0.2, 0.25) is 0 Å². The first kappa shape index (κ1) is 20.6. The van der Waals surface area contributed by atoms with Crippen LogP contribution < -0.4 is 10.0 Å². The molecule has 24 heavy (non-hydrogen) atoms. The summed E-state index contributed by atoms with van der Waals surface area (Å²) in [6.07, 6.45) is 1.09. The smallest absolute Gasteiger partial charge is 0.251 e. The zero-order valence-corrected chi connectivity index (χ0v) is 15.9. The normalized spacial score (nSPS) is 12.8. The van der Waals surface area contributed by atoms with Gasteiger partial charge in [0.05, 0.1) is 10.6 Å². The summed E-state index contributed by atoms with van der Waals surface area (Å²) < 4.78 is 48.9. The number of hydrogen-bond acceptors (Lipinski definition) is 5. The highest BCUT2D eigenvalue weighted by Gasteiger charge is 2.19. The van der Waals surface area contributed by atoms with Crippen LogP contribution in [0.15, 0.2) is 29.2 Å². The van der Waals surface area contributed by atoms with E-state index in [1.54, 1.807) is 0 Å². The van der Waals surface area contributed by atoms with Gasteiger partial charge >= 0.3 is 0 Å². The molecule has 1 rings (SSSR count). The molecule has 2 N–H and O–H groups in total. The molecule has 0 aromatic heterocycles. The van der Waals surface area contributed by atoms with Gasteiger partial charge in [-0.1, -0.05) is 20.8 Å². The molecule has 0 atom stereocenters. The zero-order chi connectivity index (χ0) is 18.6. The molecule has 1 aromatic rings. The van der Waals surface area contributed by atoms with Gasteiger partial charge in [0, 0.05) is 24.9 Å². The van der Waals surface area contributed by atoms with E-state index in [1.807, 2.05) is 20.8 Å². The minimum absolute atomic E-state index is 0.00482. The highest BCUT2D eigenvalue weighted by Crippen LogP contribution is 2.15. The van der Waals surface area contributed by atoms with E-state index in [-0.39, 0.29) is 28.2 Å². The summed E-state index contributed by atoms with van der Waals surface area (Å²) in [5.74, 6) is -0.604. The van der Waals surface area contributed by atoms with Crippen molar-refractivity contribution in [1.29, 1.82) is 0 Å². The average Bonchev–Trinajstić information content (AvgIpc) is 2.43. The molecule has 0 aliphatic rings. The second-order valence-electron chi connectivity index (χ2n) is 6.80. The molecule has 0 saturated heterocycles. The fourth-order valence-electron chi connectivity index (χ4n) is 1.63. The number of sulfone groups is 1. The van der Waals surface area contributed by atoms with Gasteiger partial charge in [0.15, 0.2) is 0 Å². The summed E-state index contributed by atoms with van der Waals surface area (Å²) in [5.41, 5.74) is 0.0743. The van der Waals surface area contributed by atoms with Crippen LogP contribution >= 0.6 is 0 Å². The number of nitrogens with one attached hydrogen (secondary N) is 2. The van der Waals surface area contributed by atoms with E-state index < -0.39 is 25.8 Å². The van der Waals surface area contributed by atoms with Crippen molar-refractivity contribution in [3.8, 4) is 0 Å². The molecule has 1 amide bonds. The lowest BCUT2D eigenvalue weighted by Gasteiger charge is -2.18. The number of carbonyl (C=O) groups excluding carboxylic acids is 1. The van der Waals surface area contributed by atoms with Gasteiger partial charge in [-0.3, -0.25) is 4.79 Å². The molecule has 0 heterocycles. The van der Waals surface area contributed by atoms with Gasteiger partial charge in [-0.2, -0.15) is 0 Å². The average molecular weight is 377 g/mol. The molecule has 0 saturated carbocycles. The second kappa shape index (κ2) is 7.62. The molecule has 1 aromatic carbocycles. The highest BCUT2D eigenvalue weighted by atomic mass is 32.2. The Labute approximate surface area is 143 Å². The molecule has 0 aliphatic carbocycles. The molecule has 0 unspecified atom stereocenters. The van der Waals surface area contributed by atoms with Crippen LogP contribution in [0, 0.1) is 5.41 Å². The lowest BCUT2D eigenvalue weighted by atomic mass is 9.98. The SMILES string of the molecule is CC(C)(C)CNS(=O)(=O)c1ccc(C(=O)NCCS(C)(=O)=O)cc1. The molecule has 9 heteroatoms. The summed E-state index contributed by atoms with van der Waals surface area (Å²) in [4.78, 5) is 11.9. The van der Waals surface area contributed by atoms with Crippen molar-refractivity contribution in [2.75, 3.05) is 25.1 Å². The molecule has 0 fully saturated rings. The molecule has 0 radical (unpaired) electrons. The molecule has 0 aliphatic heterocycles. The Kier molecular flexibility index (Phi) is 6.54. The maximum atomic E-state index is 12.2. The standard InChI is InChI=1S/C15H24N2O5S2/c1-15(2,3)11-17-24(21,22)13-7-5-12(6-8-13)14(18)16-9-10-23(4,19)20/h5-8,17H,9-11H2,1-4H3,(H,16,18). The summed E-state index contributed by atoms with van der Waals surface area (Å²) in [6, 6.07) is 5.47. The second-order valence-corrected chi connectivity index (χ2v) is 10.8. The lowest BCUT2D eigenvalue weighted by Crippen LogP contribution is -2.32. The summed E-state index contributed by atoms with van der Waals surface area (Å²) >= 11 is 0. The van der Waals surface area contributed by atoms with E-state index in [0.29, 0.717) is 6.54 Å². The topological polar surface area (TPSA) is 109 Å². The van der Waals surface area contributed by atoms with Crippen molar-refractivity contribution >= 4 is 25.8 Å². The highest BCUT2D eigenvalue weighted by molar-refractivity contribution is 7.90. The predicted molar refractivity (Wildman–Crippen MR) is 93.1 cm³/mol. The van der Waals surface area contributed by atoms with Gasteiger partial charge in [-0.25, -0.2) is 21.6 Å². The number of amides is 1. The minimum Gasteiger partial charge on any atom is -0.351 e. The van der Waals surface area contributed by atoms with Crippen molar-refractivity contribution in [3.05, 3.63) is 29.8 Å². The van der Waals surface area contributed by atoms with Crippen LogP contribution in [-0.2, 0) is 19.9 Å². The third-order valence-electron chi connectivity index (χ3n) is 2.98. The number of benzene rings is 1. The fraction of sp³-hybridized carbons (Fsp3) is 0.533.